The van der Waals surface area contributed by atoms with Crippen LogP contribution in [0.4, 0.5) is 4.79 Å². The molecule has 0 bridgehead atoms. The highest BCUT2D eigenvalue weighted by Crippen LogP contribution is 2.17. The largest absolute Gasteiger partial charge is 0.412 e. The van der Waals surface area contributed by atoms with Gasteiger partial charge in [-0.05, 0) is 27.7 Å². The maximum absolute atomic E-state index is 11.1. The summed E-state index contributed by atoms with van der Waals surface area (Å²) in [5, 5.41) is 6.66. The van der Waals surface area contributed by atoms with Crippen molar-refractivity contribution in [3.05, 3.63) is 12.4 Å². The van der Waals surface area contributed by atoms with E-state index in [0.29, 0.717) is 12.3 Å². The van der Waals surface area contributed by atoms with Crippen LogP contribution in [0.15, 0.2) is 12.4 Å². The highest BCUT2D eigenvalue weighted by atomic mass is 16.6. The monoisotopic (exact) mass is 211 g/mol. The number of carbonyl (C=O) groups is 1. The second-order valence-corrected chi connectivity index (χ2v) is 4.21. The van der Waals surface area contributed by atoms with Gasteiger partial charge in [-0.15, -0.1) is 0 Å². The van der Waals surface area contributed by atoms with Crippen LogP contribution < -0.4 is 10.1 Å². The van der Waals surface area contributed by atoms with Crippen LogP contribution >= 0.6 is 0 Å². The van der Waals surface area contributed by atoms with Crippen LogP contribution in [-0.2, 0) is 5.54 Å². The van der Waals surface area contributed by atoms with Gasteiger partial charge in [0.05, 0.1) is 17.9 Å². The number of nitrogens with one attached hydrogen (secondary N) is 1. The molecule has 15 heavy (non-hydrogen) atoms. The van der Waals surface area contributed by atoms with Crippen LogP contribution in [0, 0.1) is 0 Å². The van der Waals surface area contributed by atoms with Gasteiger partial charge in [-0.25, -0.2) is 4.79 Å². The summed E-state index contributed by atoms with van der Waals surface area (Å²) >= 11 is 0. The molecule has 1 rings (SSSR count). The molecule has 0 aromatic carbocycles. The molecule has 1 amide bonds. The van der Waals surface area contributed by atoms with Crippen molar-refractivity contribution in [1.82, 2.24) is 15.1 Å². The fourth-order valence-corrected chi connectivity index (χ4v) is 1.01. The van der Waals surface area contributed by atoms with E-state index in [9.17, 15) is 4.79 Å². The van der Waals surface area contributed by atoms with Crippen molar-refractivity contribution in [2.75, 3.05) is 6.54 Å². The molecule has 1 heterocycles. The number of amides is 1. The Hall–Kier alpha value is -1.52. The van der Waals surface area contributed by atoms with E-state index in [4.69, 9.17) is 4.74 Å². The fraction of sp³-hybridized carbons (Fsp3) is 0.600. The first-order valence-corrected chi connectivity index (χ1v) is 4.94. The predicted molar refractivity (Wildman–Crippen MR) is 56.9 cm³/mol. The van der Waals surface area contributed by atoms with E-state index < -0.39 is 6.09 Å². The molecule has 0 atom stereocenters. The molecule has 0 saturated carbocycles. The average molecular weight is 211 g/mol. The first kappa shape index (κ1) is 11.6. The Balaban J connectivity index is 2.65. The summed E-state index contributed by atoms with van der Waals surface area (Å²) in [4.78, 5) is 11.1. The quantitative estimate of drug-likeness (QED) is 0.810. The highest BCUT2D eigenvalue weighted by molar-refractivity contribution is 5.69. The Morgan fingerprint density at radius 2 is 2.27 bits per heavy atom. The number of aromatic nitrogens is 2. The minimum atomic E-state index is -0.453. The summed E-state index contributed by atoms with van der Waals surface area (Å²) in [6, 6.07) is 0. The van der Waals surface area contributed by atoms with Gasteiger partial charge in [0.15, 0.2) is 5.75 Å². The van der Waals surface area contributed by atoms with Crippen molar-refractivity contribution < 1.29 is 9.53 Å². The molecule has 0 aliphatic carbocycles. The second-order valence-electron chi connectivity index (χ2n) is 4.21. The lowest BCUT2D eigenvalue weighted by Gasteiger charge is -2.18. The van der Waals surface area contributed by atoms with E-state index in [1.54, 1.807) is 10.9 Å². The van der Waals surface area contributed by atoms with Crippen LogP contribution in [0.3, 0.4) is 0 Å². The number of nitrogens with zero attached hydrogens (tertiary/aromatic N) is 2. The van der Waals surface area contributed by atoms with Gasteiger partial charge in [-0.3, -0.25) is 4.68 Å². The van der Waals surface area contributed by atoms with Gasteiger partial charge in [-0.1, -0.05) is 0 Å². The third kappa shape index (κ3) is 3.27. The summed E-state index contributed by atoms with van der Waals surface area (Å²) in [6.45, 7) is 8.45. The number of hydrogen-bond acceptors (Lipinski definition) is 3. The molecule has 1 N–H and O–H groups in total. The summed E-state index contributed by atoms with van der Waals surface area (Å²) in [7, 11) is 0. The molecule has 0 fully saturated rings. The fourth-order valence-electron chi connectivity index (χ4n) is 1.01. The molecular formula is C10H17N3O2. The van der Waals surface area contributed by atoms with Crippen LogP contribution in [0.5, 0.6) is 5.75 Å². The van der Waals surface area contributed by atoms with Crippen molar-refractivity contribution in [3.8, 4) is 5.75 Å². The van der Waals surface area contributed by atoms with E-state index in [1.165, 1.54) is 6.20 Å². The number of hydrogen-bond donors (Lipinski definition) is 1. The zero-order valence-electron chi connectivity index (χ0n) is 9.57. The average Bonchev–Trinajstić information content (AvgIpc) is 2.52. The molecule has 0 spiro atoms. The first-order valence-electron chi connectivity index (χ1n) is 4.94. The molecule has 0 aliphatic heterocycles. The van der Waals surface area contributed by atoms with Crippen molar-refractivity contribution in [2.24, 2.45) is 0 Å². The van der Waals surface area contributed by atoms with E-state index in [2.05, 4.69) is 10.4 Å². The molecule has 0 saturated heterocycles. The Morgan fingerprint density at radius 1 is 1.60 bits per heavy atom. The number of ether oxygens (including phenoxy) is 1. The van der Waals surface area contributed by atoms with Gasteiger partial charge in [-0.2, -0.15) is 5.10 Å². The third-order valence-corrected chi connectivity index (χ3v) is 1.78. The molecule has 0 unspecified atom stereocenters. The maximum Gasteiger partial charge on any atom is 0.412 e. The topological polar surface area (TPSA) is 56.1 Å². The van der Waals surface area contributed by atoms with Crippen molar-refractivity contribution in [1.29, 1.82) is 0 Å². The zero-order valence-corrected chi connectivity index (χ0v) is 9.57. The molecular weight excluding hydrogens is 194 g/mol. The first-order chi connectivity index (χ1) is 6.93. The van der Waals surface area contributed by atoms with E-state index >= 15 is 0 Å². The van der Waals surface area contributed by atoms with Crippen LogP contribution in [-0.4, -0.2) is 22.4 Å². The predicted octanol–water partition coefficient (Wildman–Crippen LogP) is 1.75. The van der Waals surface area contributed by atoms with Gasteiger partial charge in [0, 0.05) is 6.54 Å². The van der Waals surface area contributed by atoms with E-state index in [-0.39, 0.29) is 5.54 Å². The van der Waals surface area contributed by atoms with E-state index in [1.807, 2.05) is 27.7 Å². The smallest absolute Gasteiger partial charge is 0.407 e. The lowest BCUT2D eigenvalue weighted by Crippen LogP contribution is -2.26. The van der Waals surface area contributed by atoms with Crippen molar-refractivity contribution in [3.63, 3.8) is 0 Å². The van der Waals surface area contributed by atoms with Crippen LogP contribution in [0.1, 0.15) is 27.7 Å². The summed E-state index contributed by atoms with van der Waals surface area (Å²) in [5.74, 6) is 0.455. The molecule has 5 nitrogen and oxygen atoms in total. The summed E-state index contributed by atoms with van der Waals surface area (Å²) in [6.07, 6.45) is 2.78. The summed E-state index contributed by atoms with van der Waals surface area (Å²) in [5.41, 5.74) is -0.108. The van der Waals surface area contributed by atoms with Gasteiger partial charge in [0.1, 0.15) is 0 Å². The summed E-state index contributed by atoms with van der Waals surface area (Å²) < 4.78 is 6.75. The van der Waals surface area contributed by atoms with Gasteiger partial charge in [0.25, 0.3) is 0 Å². The molecule has 1 aromatic heterocycles. The van der Waals surface area contributed by atoms with Crippen LogP contribution in [0.25, 0.3) is 0 Å². The van der Waals surface area contributed by atoms with Crippen molar-refractivity contribution >= 4 is 6.09 Å². The Bertz CT molecular complexity index is 339. The molecule has 84 valence electrons. The maximum atomic E-state index is 11.1. The van der Waals surface area contributed by atoms with E-state index in [0.717, 1.165) is 0 Å². The molecule has 0 aliphatic rings. The molecule has 1 aromatic rings. The Kier molecular flexibility index (Phi) is 3.34. The minimum Gasteiger partial charge on any atom is -0.407 e. The zero-order chi connectivity index (χ0) is 11.5. The lowest BCUT2D eigenvalue weighted by molar-refractivity contribution is 0.201. The number of carbonyl (C=O) groups excluding carboxylic acids is 1. The lowest BCUT2D eigenvalue weighted by atomic mass is 10.1. The Morgan fingerprint density at radius 3 is 2.73 bits per heavy atom. The highest BCUT2D eigenvalue weighted by Gasteiger charge is 2.15. The molecule has 5 heteroatoms. The normalized spacial score (nSPS) is 11.2. The van der Waals surface area contributed by atoms with Gasteiger partial charge < -0.3 is 10.1 Å². The Labute approximate surface area is 89.4 Å². The third-order valence-electron chi connectivity index (χ3n) is 1.78. The van der Waals surface area contributed by atoms with Gasteiger partial charge in [0.2, 0.25) is 0 Å². The minimum absolute atomic E-state index is 0.108. The second kappa shape index (κ2) is 4.33. The number of rotatable bonds is 2. The molecule has 0 radical (unpaired) electrons. The standard InChI is InChI=1S/C10H17N3O2/c1-5-11-9(14)15-8-6-12-13(7-8)10(2,3)4/h6-7H,5H2,1-4H3,(H,11,14). The van der Waals surface area contributed by atoms with Crippen LogP contribution in [0.2, 0.25) is 0 Å². The van der Waals surface area contributed by atoms with Crippen molar-refractivity contribution in [2.45, 2.75) is 33.2 Å². The van der Waals surface area contributed by atoms with Gasteiger partial charge >= 0.3 is 6.09 Å². The SMILES string of the molecule is CCNC(=O)Oc1cnn(C(C)(C)C)c1.